The summed E-state index contributed by atoms with van der Waals surface area (Å²) in [5.74, 6) is -1.32. The minimum Gasteiger partial charge on any atom is -0.336 e. The molecule has 1 N–H and O–H groups in total. The maximum atomic E-state index is 12.8. The van der Waals surface area contributed by atoms with Crippen LogP contribution in [0.3, 0.4) is 0 Å². The maximum Gasteiger partial charge on any atom is 0.296 e. The Morgan fingerprint density at radius 3 is 2.45 bits per heavy atom. The lowest BCUT2D eigenvalue weighted by atomic mass is 10.0. The lowest BCUT2D eigenvalue weighted by molar-refractivity contribution is -0.112. The zero-order valence-electron chi connectivity index (χ0n) is 17.7. The van der Waals surface area contributed by atoms with Gasteiger partial charge in [0.25, 0.3) is 17.6 Å². The number of carbonyl (C=O) groups excluding carboxylic acids is 3. The van der Waals surface area contributed by atoms with Crippen LogP contribution in [0.1, 0.15) is 63.9 Å². The summed E-state index contributed by atoms with van der Waals surface area (Å²) in [6, 6.07) is 5.40. The molecule has 3 rings (SSSR count). The number of amides is 2. The van der Waals surface area contributed by atoms with E-state index in [2.05, 4.69) is 17.3 Å². The highest BCUT2D eigenvalue weighted by Gasteiger charge is 2.26. The Kier molecular flexibility index (Phi) is 5.86. The van der Waals surface area contributed by atoms with Crippen LogP contribution < -0.4 is 5.32 Å². The second-order valence-electron chi connectivity index (χ2n) is 7.83. The first-order valence-electron chi connectivity index (χ1n) is 9.98. The van der Waals surface area contributed by atoms with Gasteiger partial charge in [0.1, 0.15) is 0 Å². The van der Waals surface area contributed by atoms with Crippen LogP contribution in [0.4, 0.5) is 5.69 Å². The highest BCUT2D eigenvalue weighted by molar-refractivity contribution is 6.47. The number of hydrogen-bond donors (Lipinski definition) is 1. The summed E-state index contributed by atoms with van der Waals surface area (Å²) in [5.41, 5.74) is 3.36. The van der Waals surface area contributed by atoms with Crippen molar-refractivity contribution in [2.75, 3.05) is 11.9 Å². The van der Waals surface area contributed by atoms with E-state index in [4.69, 9.17) is 0 Å². The van der Waals surface area contributed by atoms with Crippen LogP contribution in [-0.2, 0) is 11.8 Å². The van der Waals surface area contributed by atoms with E-state index < -0.39 is 11.7 Å². The maximum absolute atomic E-state index is 12.8. The Hall–Kier alpha value is -2.96. The number of piperidine rings is 1. The number of rotatable bonds is 4. The smallest absolute Gasteiger partial charge is 0.296 e. The van der Waals surface area contributed by atoms with Gasteiger partial charge in [-0.1, -0.05) is 0 Å². The molecular weight excluding hydrogens is 368 g/mol. The number of aromatic nitrogens is 2. The van der Waals surface area contributed by atoms with Gasteiger partial charge in [0.05, 0.1) is 11.3 Å². The predicted octanol–water partition coefficient (Wildman–Crippen LogP) is 3.18. The minimum absolute atomic E-state index is 0.0101. The Labute approximate surface area is 171 Å². The van der Waals surface area contributed by atoms with Gasteiger partial charge in [-0.15, -0.1) is 0 Å². The lowest BCUT2D eigenvalue weighted by Crippen LogP contribution is -2.42. The Morgan fingerprint density at radius 2 is 1.86 bits per heavy atom. The molecule has 1 aliphatic heterocycles. The van der Waals surface area contributed by atoms with Gasteiger partial charge in [0, 0.05) is 36.6 Å². The molecule has 0 saturated carbocycles. The third-order valence-corrected chi connectivity index (χ3v) is 5.73. The molecule has 2 aromatic rings. The fourth-order valence-electron chi connectivity index (χ4n) is 3.90. The highest BCUT2D eigenvalue weighted by atomic mass is 16.2. The van der Waals surface area contributed by atoms with Crippen LogP contribution in [0.25, 0.3) is 0 Å². The Bertz CT molecular complexity index is 977. The van der Waals surface area contributed by atoms with E-state index in [-0.39, 0.29) is 11.9 Å². The predicted molar refractivity (Wildman–Crippen MR) is 111 cm³/mol. The molecule has 154 valence electrons. The first kappa shape index (κ1) is 20.8. The van der Waals surface area contributed by atoms with E-state index in [0.29, 0.717) is 28.2 Å². The molecule has 1 fully saturated rings. The summed E-state index contributed by atoms with van der Waals surface area (Å²) in [6.45, 7) is 8.13. The van der Waals surface area contributed by atoms with Gasteiger partial charge in [-0.25, -0.2) is 0 Å². The average molecular weight is 396 g/mol. The van der Waals surface area contributed by atoms with Gasteiger partial charge < -0.3 is 10.2 Å². The molecule has 0 radical (unpaired) electrons. The fourth-order valence-corrected chi connectivity index (χ4v) is 3.90. The molecule has 29 heavy (non-hydrogen) atoms. The van der Waals surface area contributed by atoms with E-state index in [1.54, 1.807) is 43.8 Å². The number of hydrogen-bond acceptors (Lipinski definition) is 4. The van der Waals surface area contributed by atoms with Gasteiger partial charge in [-0.3, -0.25) is 19.1 Å². The second-order valence-corrected chi connectivity index (χ2v) is 7.83. The SMILES string of the molecule is Cc1cc(C(=O)N2CCCCC2C)ccc1NC(=O)C(=O)c1c(C)nn(C)c1C. The Morgan fingerprint density at radius 1 is 1.14 bits per heavy atom. The van der Waals surface area contributed by atoms with E-state index in [9.17, 15) is 14.4 Å². The fraction of sp³-hybridized carbons (Fsp3) is 0.455. The van der Waals surface area contributed by atoms with Gasteiger partial charge in [-0.05, 0) is 70.7 Å². The summed E-state index contributed by atoms with van der Waals surface area (Å²) in [7, 11) is 1.74. The number of carbonyl (C=O) groups is 3. The summed E-state index contributed by atoms with van der Waals surface area (Å²) < 4.78 is 1.59. The van der Waals surface area contributed by atoms with Crippen molar-refractivity contribution in [3.63, 3.8) is 0 Å². The number of anilines is 1. The molecular formula is C22H28N4O3. The third kappa shape index (κ3) is 4.09. The van der Waals surface area contributed by atoms with Crippen molar-refractivity contribution in [3.8, 4) is 0 Å². The van der Waals surface area contributed by atoms with E-state index in [1.807, 2.05) is 11.8 Å². The molecule has 1 aromatic carbocycles. The molecule has 7 nitrogen and oxygen atoms in total. The van der Waals surface area contributed by atoms with Crippen molar-refractivity contribution in [1.82, 2.24) is 14.7 Å². The number of aryl methyl sites for hydroxylation is 3. The molecule has 2 heterocycles. The third-order valence-electron chi connectivity index (χ3n) is 5.73. The largest absolute Gasteiger partial charge is 0.336 e. The number of nitrogens with zero attached hydrogens (tertiary/aromatic N) is 3. The molecule has 1 unspecified atom stereocenters. The normalized spacial score (nSPS) is 16.6. The second kappa shape index (κ2) is 8.19. The summed E-state index contributed by atoms with van der Waals surface area (Å²) in [5, 5.41) is 6.87. The van der Waals surface area contributed by atoms with E-state index in [1.165, 1.54) is 0 Å². The summed E-state index contributed by atoms with van der Waals surface area (Å²) >= 11 is 0. The molecule has 0 aliphatic carbocycles. The van der Waals surface area contributed by atoms with Crippen molar-refractivity contribution in [2.24, 2.45) is 7.05 Å². The van der Waals surface area contributed by atoms with Crippen LogP contribution in [0.15, 0.2) is 18.2 Å². The zero-order chi connectivity index (χ0) is 21.3. The summed E-state index contributed by atoms with van der Waals surface area (Å²) in [6.07, 6.45) is 3.20. The number of ketones is 1. The topological polar surface area (TPSA) is 84.3 Å². The quantitative estimate of drug-likeness (QED) is 0.635. The van der Waals surface area contributed by atoms with Crippen molar-refractivity contribution < 1.29 is 14.4 Å². The van der Waals surface area contributed by atoms with Crippen LogP contribution >= 0.6 is 0 Å². The van der Waals surface area contributed by atoms with Crippen molar-refractivity contribution in [1.29, 1.82) is 0 Å². The van der Waals surface area contributed by atoms with Crippen LogP contribution in [0.5, 0.6) is 0 Å². The number of Topliss-reactive ketones (excluding diaryl/α,β-unsaturated/α-hetero) is 1. The molecule has 2 amide bonds. The zero-order valence-corrected chi connectivity index (χ0v) is 17.7. The van der Waals surface area contributed by atoms with Crippen molar-refractivity contribution in [2.45, 2.75) is 53.0 Å². The highest BCUT2D eigenvalue weighted by Crippen LogP contribution is 2.23. The summed E-state index contributed by atoms with van der Waals surface area (Å²) in [4.78, 5) is 39.9. The molecule has 0 bridgehead atoms. The standard InChI is InChI=1S/C22H28N4O3/c1-13-12-17(22(29)26-11-7-6-8-14(26)2)9-10-18(13)23-21(28)20(27)19-15(3)24-25(5)16(19)4/h9-10,12,14H,6-8,11H2,1-5H3,(H,23,28). The van der Waals surface area contributed by atoms with Crippen LogP contribution in [0.2, 0.25) is 0 Å². The van der Waals surface area contributed by atoms with Gasteiger partial charge in [0.15, 0.2) is 0 Å². The number of benzene rings is 1. The molecule has 1 aromatic heterocycles. The number of likely N-dealkylation sites (tertiary alicyclic amines) is 1. The molecule has 1 saturated heterocycles. The van der Waals surface area contributed by atoms with Gasteiger partial charge in [0.2, 0.25) is 0 Å². The van der Waals surface area contributed by atoms with Gasteiger partial charge in [-0.2, -0.15) is 5.10 Å². The first-order chi connectivity index (χ1) is 13.7. The van der Waals surface area contributed by atoms with Crippen LogP contribution in [0, 0.1) is 20.8 Å². The molecule has 1 atom stereocenters. The van der Waals surface area contributed by atoms with E-state index >= 15 is 0 Å². The first-order valence-corrected chi connectivity index (χ1v) is 9.98. The van der Waals surface area contributed by atoms with Crippen molar-refractivity contribution in [3.05, 3.63) is 46.3 Å². The molecule has 1 aliphatic rings. The number of nitrogens with one attached hydrogen (secondary N) is 1. The monoisotopic (exact) mass is 396 g/mol. The average Bonchev–Trinajstić information content (AvgIpc) is 2.94. The van der Waals surface area contributed by atoms with Gasteiger partial charge >= 0.3 is 0 Å². The Balaban J connectivity index is 1.76. The molecule has 0 spiro atoms. The molecule has 7 heteroatoms. The van der Waals surface area contributed by atoms with Crippen molar-refractivity contribution >= 4 is 23.3 Å². The van der Waals surface area contributed by atoms with Crippen LogP contribution in [-0.4, -0.2) is 44.9 Å². The minimum atomic E-state index is -0.712. The van der Waals surface area contributed by atoms with E-state index in [0.717, 1.165) is 31.4 Å². The lowest BCUT2D eigenvalue weighted by Gasteiger charge is -2.33.